The molecule has 0 N–H and O–H groups in total. The predicted octanol–water partition coefficient (Wildman–Crippen LogP) is 4.03. The monoisotopic (exact) mass is 573 g/mol. The average molecular weight is 574 g/mol. The normalized spacial score (nSPS) is 15.1. The molecule has 0 spiro atoms. The summed E-state index contributed by atoms with van der Waals surface area (Å²) >= 11 is 0. The third-order valence-corrected chi connectivity index (χ3v) is 6.95. The minimum absolute atomic E-state index is 0.0705. The van der Waals surface area contributed by atoms with Crippen LogP contribution in [-0.2, 0) is 28.8 Å². The molecule has 0 unspecified atom stereocenters. The number of hydrogen-bond acceptors (Lipinski definition) is 7. The van der Waals surface area contributed by atoms with Crippen LogP contribution in [0.2, 0.25) is 0 Å². The van der Waals surface area contributed by atoms with Crippen LogP contribution in [0.1, 0.15) is 27.2 Å². The third-order valence-electron chi connectivity index (χ3n) is 6.95. The van der Waals surface area contributed by atoms with E-state index in [2.05, 4.69) is 4.90 Å². The van der Waals surface area contributed by atoms with Crippen molar-refractivity contribution in [1.29, 1.82) is 0 Å². The zero-order chi connectivity index (χ0) is 28.8. The van der Waals surface area contributed by atoms with Crippen molar-refractivity contribution in [2.24, 2.45) is 0 Å². The van der Waals surface area contributed by atoms with E-state index in [9.17, 15) is 22.8 Å². The van der Waals surface area contributed by atoms with Crippen LogP contribution in [0.5, 0.6) is 11.5 Å². The molecule has 2 aliphatic rings. The van der Waals surface area contributed by atoms with Crippen LogP contribution in [0.4, 0.5) is 13.2 Å². The van der Waals surface area contributed by atoms with Crippen molar-refractivity contribution in [3.8, 4) is 11.5 Å². The van der Waals surface area contributed by atoms with E-state index in [1.54, 1.807) is 29.2 Å². The largest absolute Gasteiger partial charge is 0.467 e. The van der Waals surface area contributed by atoms with E-state index in [4.69, 9.17) is 18.6 Å². The highest BCUT2D eigenvalue weighted by molar-refractivity contribution is 5.96. The first-order valence-corrected chi connectivity index (χ1v) is 13.2. The van der Waals surface area contributed by atoms with E-state index in [1.165, 1.54) is 11.2 Å². The van der Waals surface area contributed by atoms with E-state index in [-0.39, 0.29) is 44.4 Å². The van der Waals surface area contributed by atoms with Gasteiger partial charge in [0.2, 0.25) is 12.7 Å². The number of furan rings is 1. The molecule has 2 amide bonds. The summed E-state index contributed by atoms with van der Waals surface area (Å²) in [5.74, 6) is 0.891. The van der Waals surface area contributed by atoms with Gasteiger partial charge in [0, 0.05) is 38.3 Å². The second kappa shape index (κ2) is 12.6. The summed E-state index contributed by atoms with van der Waals surface area (Å²) in [6.07, 6.45) is -3.00. The maximum Gasteiger partial charge on any atom is 0.416 e. The molecule has 0 saturated carbocycles. The summed E-state index contributed by atoms with van der Waals surface area (Å²) in [5.41, 5.74) is 0.0163. The molecule has 41 heavy (non-hydrogen) atoms. The molecule has 1 aromatic heterocycles. The molecule has 3 aromatic rings. The van der Waals surface area contributed by atoms with Crippen molar-refractivity contribution in [1.82, 2.24) is 14.7 Å². The van der Waals surface area contributed by atoms with E-state index in [0.29, 0.717) is 50.1 Å². The van der Waals surface area contributed by atoms with Gasteiger partial charge in [0.1, 0.15) is 12.3 Å². The van der Waals surface area contributed by atoms with Crippen LogP contribution in [0.25, 0.3) is 0 Å². The molecule has 2 aliphatic heterocycles. The van der Waals surface area contributed by atoms with Gasteiger partial charge in [-0.1, -0.05) is 6.07 Å². The third kappa shape index (κ3) is 7.39. The van der Waals surface area contributed by atoms with Gasteiger partial charge in [0.25, 0.3) is 5.91 Å². The van der Waals surface area contributed by atoms with E-state index >= 15 is 0 Å². The van der Waals surface area contributed by atoms with Gasteiger partial charge in [-0.3, -0.25) is 14.5 Å². The number of benzene rings is 2. The molecule has 1 fully saturated rings. The molecule has 5 rings (SSSR count). The lowest BCUT2D eigenvalue weighted by Crippen LogP contribution is -2.47. The molecular weight excluding hydrogens is 543 g/mol. The maximum atomic E-state index is 13.7. The van der Waals surface area contributed by atoms with E-state index in [0.717, 1.165) is 29.8 Å². The van der Waals surface area contributed by atoms with Crippen LogP contribution in [0.15, 0.2) is 65.3 Å². The molecule has 0 bridgehead atoms. The fourth-order valence-electron chi connectivity index (χ4n) is 4.67. The lowest BCUT2D eigenvalue weighted by molar-refractivity contribution is -0.137. The van der Waals surface area contributed by atoms with Crippen LogP contribution in [0.3, 0.4) is 0 Å². The molecule has 2 aromatic carbocycles. The summed E-state index contributed by atoms with van der Waals surface area (Å²) in [4.78, 5) is 32.3. The number of carbonyl (C=O) groups is 2. The zero-order valence-corrected chi connectivity index (χ0v) is 22.3. The minimum Gasteiger partial charge on any atom is -0.467 e. The Morgan fingerprint density at radius 2 is 1.66 bits per heavy atom. The number of hydrogen-bond donors (Lipinski definition) is 0. The summed E-state index contributed by atoms with van der Waals surface area (Å²) in [6.45, 7) is 3.43. The maximum absolute atomic E-state index is 13.7. The zero-order valence-electron chi connectivity index (χ0n) is 22.3. The minimum atomic E-state index is -4.52. The Bertz CT molecular complexity index is 1320. The Kier molecular flexibility index (Phi) is 8.79. The summed E-state index contributed by atoms with van der Waals surface area (Å²) in [7, 11) is 0. The Hall–Kier alpha value is -4.03. The van der Waals surface area contributed by atoms with Crippen molar-refractivity contribution in [3.05, 3.63) is 83.3 Å². The van der Waals surface area contributed by atoms with Crippen LogP contribution >= 0.6 is 0 Å². The number of alkyl halides is 3. The Morgan fingerprint density at radius 3 is 2.37 bits per heavy atom. The number of amides is 2. The number of fused-ring (bicyclic) bond motifs is 1. The quantitative estimate of drug-likeness (QED) is 0.362. The van der Waals surface area contributed by atoms with Gasteiger partial charge in [-0.25, -0.2) is 0 Å². The number of nitrogens with zero attached hydrogens (tertiary/aromatic N) is 3. The molecule has 218 valence electrons. The summed E-state index contributed by atoms with van der Waals surface area (Å²) < 4.78 is 61.0. The SMILES string of the molecule is O=C(CN(CCN1CCOCC1)C(=O)c1ccc(C(F)(F)F)cc1)N(Cc1ccc2c(c1)OCO2)Cc1ccco1. The second-order valence-electron chi connectivity index (χ2n) is 9.77. The van der Waals surface area contributed by atoms with Crippen LogP contribution in [0, 0.1) is 0 Å². The first-order chi connectivity index (χ1) is 19.8. The van der Waals surface area contributed by atoms with Crippen molar-refractivity contribution < 1.29 is 41.4 Å². The molecular formula is C29H30F3N3O6. The fourth-order valence-corrected chi connectivity index (χ4v) is 4.67. The topological polar surface area (TPSA) is 84.7 Å². The fraction of sp³-hybridized carbons (Fsp3) is 0.379. The highest BCUT2D eigenvalue weighted by atomic mass is 19.4. The number of ether oxygens (including phenoxy) is 3. The lowest BCUT2D eigenvalue weighted by Gasteiger charge is -2.31. The Labute approximate surface area is 235 Å². The van der Waals surface area contributed by atoms with Crippen molar-refractivity contribution in [2.45, 2.75) is 19.3 Å². The van der Waals surface area contributed by atoms with E-state index in [1.807, 2.05) is 6.07 Å². The van der Waals surface area contributed by atoms with Gasteiger partial charge in [-0.05, 0) is 54.1 Å². The highest BCUT2D eigenvalue weighted by Crippen LogP contribution is 2.33. The molecule has 9 nitrogen and oxygen atoms in total. The van der Waals surface area contributed by atoms with Gasteiger partial charge in [-0.2, -0.15) is 13.2 Å². The first kappa shape index (κ1) is 28.5. The van der Waals surface area contributed by atoms with Crippen LogP contribution in [-0.4, -0.2) is 79.2 Å². The van der Waals surface area contributed by atoms with Crippen molar-refractivity contribution >= 4 is 11.8 Å². The van der Waals surface area contributed by atoms with Gasteiger partial charge in [0.15, 0.2) is 11.5 Å². The van der Waals surface area contributed by atoms with E-state index < -0.39 is 17.6 Å². The molecule has 12 heteroatoms. The van der Waals surface area contributed by atoms with Crippen molar-refractivity contribution in [2.75, 3.05) is 52.7 Å². The smallest absolute Gasteiger partial charge is 0.416 e. The summed E-state index contributed by atoms with van der Waals surface area (Å²) in [6, 6.07) is 12.9. The van der Waals surface area contributed by atoms with Gasteiger partial charge in [-0.15, -0.1) is 0 Å². The van der Waals surface area contributed by atoms with Gasteiger partial charge in [0.05, 0.1) is 31.6 Å². The molecule has 0 atom stereocenters. The predicted molar refractivity (Wildman–Crippen MR) is 140 cm³/mol. The standard InChI is InChI=1S/C29H30F3N3O6/c30-29(31,32)23-6-4-22(5-7-23)28(37)34(10-9-33-11-14-38-15-12-33)19-27(36)35(18-24-2-1-13-39-24)17-21-3-8-25-26(16-21)41-20-40-25/h1-8,13,16H,9-12,14-15,17-20H2. The average Bonchev–Trinajstić information content (AvgIpc) is 3.66. The Balaban J connectivity index is 1.35. The molecule has 0 radical (unpaired) electrons. The van der Waals surface area contributed by atoms with Gasteiger partial charge >= 0.3 is 6.18 Å². The number of halogens is 3. The number of carbonyl (C=O) groups excluding carboxylic acids is 2. The highest BCUT2D eigenvalue weighted by Gasteiger charge is 2.31. The second-order valence-corrected chi connectivity index (χ2v) is 9.77. The Morgan fingerprint density at radius 1 is 0.902 bits per heavy atom. The number of morpholine rings is 1. The van der Waals surface area contributed by atoms with Gasteiger partial charge < -0.3 is 28.4 Å². The molecule has 0 aliphatic carbocycles. The number of rotatable bonds is 10. The molecule has 1 saturated heterocycles. The molecule has 3 heterocycles. The van der Waals surface area contributed by atoms with Crippen molar-refractivity contribution in [3.63, 3.8) is 0 Å². The summed E-state index contributed by atoms with van der Waals surface area (Å²) in [5, 5.41) is 0. The lowest BCUT2D eigenvalue weighted by atomic mass is 10.1. The van der Waals surface area contributed by atoms with Crippen LogP contribution < -0.4 is 9.47 Å². The first-order valence-electron chi connectivity index (χ1n) is 13.2.